The Morgan fingerprint density at radius 3 is 2.11 bits per heavy atom. The van der Waals surface area contributed by atoms with Gasteiger partial charge in [0, 0.05) is 12.2 Å². The highest BCUT2D eigenvalue weighted by atomic mass is 17.2. The fourth-order valence-corrected chi connectivity index (χ4v) is 4.71. The number of nitrogens with zero attached hydrogens (tertiary/aromatic N) is 2. The van der Waals surface area contributed by atoms with E-state index in [9.17, 15) is 4.79 Å². The lowest BCUT2D eigenvalue weighted by Gasteiger charge is -2.14. The van der Waals surface area contributed by atoms with Gasteiger partial charge in [0.1, 0.15) is 45.7 Å². The number of carbonyl (C=O) groups excluding carboxylic acids is 1. The zero-order chi connectivity index (χ0) is 32.3. The molecule has 0 bridgehead atoms. The molecule has 0 saturated carbocycles. The summed E-state index contributed by atoms with van der Waals surface area (Å²) in [6.45, 7) is 11.4. The molecule has 1 aromatic heterocycles. The van der Waals surface area contributed by atoms with Crippen LogP contribution >= 0.6 is 0 Å². The maximum atomic E-state index is 13.6. The minimum Gasteiger partial charge on any atom is -0.356 e. The highest BCUT2D eigenvalue weighted by Crippen LogP contribution is 2.37. The molecule has 2 heterocycles. The van der Waals surface area contributed by atoms with Crippen molar-refractivity contribution in [3.63, 3.8) is 0 Å². The summed E-state index contributed by atoms with van der Waals surface area (Å²) in [4.78, 5) is 49.8. The van der Waals surface area contributed by atoms with E-state index in [0.717, 1.165) is 38.9 Å². The van der Waals surface area contributed by atoms with Crippen molar-refractivity contribution in [2.45, 2.75) is 40.9 Å². The number of carbonyl (C=O) groups is 1. The second-order valence-corrected chi connectivity index (χ2v) is 11.4. The molecule has 246 valence electrons. The number of hydrogen-bond donors (Lipinski definition) is 0. The molecular formula is C35H42N2O9. The number of hydrogen-bond acceptors (Lipinski definition) is 10. The minimum atomic E-state index is -0.111. The first-order chi connectivity index (χ1) is 22.5. The molecule has 11 heteroatoms. The summed E-state index contributed by atoms with van der Waals surface area (Å²) in [6, 6.07) is 19.5. The molecular weight excluding hydrogens is 592 g/mol. The van der Waals surface area contributed by atoms with Crippen molar-refractivity contribution in [3.8, 4) is 22.5 Å². The Balaban J connectivity index is 1.13. The maximum absolute atomic E-state index is 13.6. The van der Waals surface area contributed by atoms with Gasteiger partial charge in [-0.1, -0.05) is 57.2 Å². The van der Waals surface area contributed by atoms with E-state index in [1.54, 1.807) is 4.57 Å². The van der Waals surface area contributed by atoms with E-state index in [-0.39, 0.29) is 32.5 Å². The summed E-state index contributed by atoms with van der Waals surface area (Å²) in [5.74, 6) is 1.46. The van der Waals surface area contributed by atoms with E-state index in [1.807, 2.05) is 67.6 Å². The van der Waals surface area contributed by atoms with Crippen molar-refractivity contribution >= 4 is 16.9 Å². The van der Waals surface area contributed by atoms with Gasteiger partial charge >= 0.3 is 0 Å². The number of imidazole rings is 1. The summed E-state index contributed by atoms with van der Waals surface area (Å²) in [7, 11) is 0. The van der Waals surface area contributed by atoms with Gasteiger partial charge in [-0.15, -0.1) is 0 Å². The average molecular weight is 635 g/mol. The summed E-state index contributed by atoms with van der Waals surface area (Å²) in [5, 5.41) is 0. The first-order valence-corrected chi connectivity index (χ1v) is 15.6. The number of benzene rings is 3. The molecule has 1 aliphatic rings. The highest BCUT2D eigenvalue weighted by Gasteiger charge is 2.30. The lowest BCUT2D eigenvalue weighted by atomic mass is 9.99. The molecule has 11 nitrogen and oxygen atoms in total. The smallest absolute Gasteiger partial charge is 0.264 e. The lowest BCUT2D eigenvalue weighted by Crippen LogP contribution is -2.14. The Morgan fingerprint density at radius 2 is 1.37 bits per heavy atom. The highest BCUT2D eigenvalue weighted by molar-refractivity contribution is 6.13. The molecule has 4 aromatic rings. The SMILES string of the molecule is CCOCOCCOOCc1ccc(-c2ccc3c(c2)C(=O)n2c-3nc3ccc(COOCCOOCC(C)C(C)C)cc32)cc1. The van der Waals surface area contributed by atoms with Crippen LogP contribution in [0.3, 0.4) is 0 Å². The van der Waals surface area contributed by atoms with Gasteiger partial charge in [-0.2, -0.15) is 0 Å². The molecule has 1 atom stereocenters. The van der Waals surface area contributed by atoms with Gasteiger partial charge in [0.2, 0.25) is 0 Å². The van der Waals surface area contributed by atoms with Gasteiger partial charge in [-0.25, -0.2) is 34.3 Å². The molecule has 0 spiro atoms. The fraction of sp³-hybridized carbons (Fsp3) is 0.429. The van der Waals surface area contributed by atoms with E-state index >= 15 is 0 Å². The van der Waals surface area contributed by atoms with E-state index in [4.69, 9.17) is 43.8 Å². The van der Waals surface area contributed by atoms with Crippen molar-refractivity contribution in [2.75, 3.05) is 46.4 Å². The van der Waals surface area contributed by atoms with Crippen LogP contribution in [0.1, 0.15) is 49.2 Å². The van der Waals surface area contributed by atoms with Crippen LogP contribution < -0.4 is 0 Å². The quantitative estimate of drug-likeness (QED) is 0.0406. The average Bonchev–Trinajstić information content (AvgIpc) is 3.57. The Bertz CT molecular complexity index is 1570. The standard InChI is InChI=1S/C35H42N2O9/c1-5-39-23-40-14-15-41-45-21-26-6-9-28(10-7-26)29-11-12-30-31(19-29)35(38)37-33-18-27(8-13-32(33)36-34(30)37)22-46-43-17-16-42-44-20-25(4)24(2)3/h6-13,18-19,24-25H,5,14-17,20-23H2,1-4H3. The summed E-state index contributed by atoms with van der Waals surface area (Å²) in [5.41, 5.74) is 6.63. The third kappa shape index (κ3) is 8.64. The van der Waals surface area contributed by atoms with Gasteiger partial charge in [0.15, 0.2) is 0 Å². The molecule has 1 aliphatic heterocycles. The van der Waals surface area contributed by atoms with E-state index in [0.29, 0.717) is 56.3 Å². The van der Waals surface area contributed by atoms with Crippen LogP contribution in [0.25, 0.3) is 33.5 Å². The molecule has 1 unspecified atom stereocenters. The molecule has 0 fully saturated rings. The van der Waals surface area contributed by atoms with Crippen molar-refractivity contribution in [1.29, 1.82) is 0 Å². The first kappa shape index (κ1) is 33.8. The number of aromatic nitrogens is 2. The van der Waals surface area contributed by atoms with Crippen LogP contribution in [0.4, 0.5) is 0 Å². The van der Waals surface area contributed by atoms with E-state index in [1.165, 1.54) is 0 Å². The minimum absolute atomic E-state index is 0.111. The van der Waals surface area contributed by atoms with Gasteiger partial charge in [0.25, 0.3) is 5.91 Å². The molecule has 0 saturated heterocycles. The third-order valence-electron chi connectivity index (χ3n) is 7.80. The number of fused-ring (bicyclic) bond motifs is 5. The Labute approximate surface area is 269 Å². The summed E-state index contributed by atoms with van der Waals surface area (Å²) >= 11 is 0. The third-order valence-corrected chi connectivity index (χ3v) is 7.80. The molecule has 0 amide bonds. The molecule has 0 aliphatic carbocycles. The second-order valence-electron chi connectivity index (χ2n) is 11.4. The number of ether oxygens (including phenoxy) is 2. The van der Waals surface area contributed by atoms with Crippen molar-refractivity contribution in [1.82, 2.24) is 9.55 Å². The Hall–Kier alpha value is -3.52. The van der Waals surface area contributed by atoms with Crippen LogP contribution in [0, 0.1) is 11.8 Å². The molecule has 46 heavy (non-hydrogen) atoms. The van der Waals surface area contributed by atoms with Crippen LogP contribution in [-0.4, -0.2) is 61.9 Å². The van der Waals surface area contributed by atoms with Crippen molar-refractivity contribution in [2.24, 2.45) is 11.8 Å². The normalized spacial score (nSPS) is 13.1. The van der Waals surface area contributed by atoms with E-state index < -0.39 is 0 Å². The lowest BCUT2D eigenvalue weighted by molar-refractivity contribution is -0.348. The van der Waals surface area contributed by atoms with Gasteiger partial charge in [-0.3, -0.25) is 9.36 Å². The Kier molecular flexibility index (Phi) is 12.4. The van der Waals surface area contributed by atoms with Gasteiger partial charge in [0.05, 0.1) is 29.8 Å². The monoisotopic (exact) mass is 634 g/mol. The van der Waals surface area contributed by atoms with Gasteiger partial charge in [-0.05, 0) is 65.3 Å². The summed E-state index contributed by atoms with van der Waals surface area (Å²) < 4.78 is 12.0. The van der Waals surface area contributed by atoms with Crippen LogP contribution in [0.5, 0.6) is 0 Å². The van der Waals surface area contributed by atoms with Crippen molar-refractivity contribution < 1.29 is 43.6 Å². The predicted octanol–water partition coefficient (Wildman–Crippen LogP) is 6.52. The Morgan fingerprint density at radius 1 is 0.696 bits per heavy atom. The predicted molar refractivity (Wildman–Crippen MR) is 170 cm³/mol. The molecule has 5 rings (SSSR count). The fourth-order valence-electron chi connectivity index (χ4n) is 4.71. The zero-order valence-electron chi connectivity index (χ0n) is 26.9. The molecule has 0 radical (unpaired) electrons. The van der Waals surface area contributed by atoms with Crippen LogP contribution in [-0.2, 0) is 52.0 Å². The van der Waals surface area contributed by atoms with Gasteiger partial charge < -0.3 is 9.47 Å². The van der Waals surface area contributed by atoms with Crippen molar-refractivity contribution in [3.05, 3.63) is 77.4 Å². The maximum Gasteiger partial charge on any atom is 0.264 e. The molecule has 3 aromatic carbocycles. The largest absolute Gasteiger partial charge is 0.356 e. The van der Waals surface area contributed by atoms with Crippen LogP contribution in [0.15, 0.2) is 60.7 Å². The second kappa shape index (κ2) is 16.9. The number of rotatable bonds is 20. The summed E-state index contributed by atoms with van der Waals surface area (Å²) in [6.07, 6.45) is 0. The van der Waals surface area contributed by atoms with Crippen LogP contribution in [0.2, 0.25) is 0 Å². The first-order valence-electron chi connectivity index (χ1n) is 15.6. The zero-order valence-corrected chi connectivity index (χ0v) is 26.9. The topological polar surface area (TPSA) is 109 Å². The molecule has 0 N–H and O–H groups in total. The van der Waals surface area contributed by atoms with E-state index in [2.05, 4.69) is 20.8 Å².